The lowest BCUT2D eigenvalue weighted by molar-refractivity contribution is 0.182. The fourth-order valence-electron chi connectivity index (χ4n) is 4.37. The Morgan fingerprint density at radius 2 is 2.09 bits per heavy atom. The number of rotatable bonds is 7. The van der Waals surface area contributed by atoms with E-state index in [4.69, 9.17) is 9.26 Å². The highest BCUT2D eigenvalue weighted by atomic mass is 16.5. The van der Waals surface area contributed by atoms with Crippen molar-refractivity contribution in [2.45, 2.75) is 66.4 Å². The number of H-pyrrole nitrogens is 1. The molecule has 0 saturated carbocycles. The number of nitrogens with one attached hydrogen (secondary N) is 1. The zero-order valence-corrected chi connectivity index (χ0v) is 20.1. The number of benzene rings is 1. The van der Waals surface area contributed by atoms with E-state index in [1.165, 1.54) is 5.56 Å². The van der Waals surface area contributed by atoms with Crippen LogP contribution < -0.4 is 10.3 Å². The van der Waals surface area contributed by atoms with E-state index in [9.17, 15) is 4.79 Å². The van der Waals surface area contributed by atoms with Gasteiger partial charge in [-0.3, -0.25) is 4.79 Å². The Balaban J connectivity index is 1.55. The van der Waals surface area contributed by atoms with E-state index in [0.29, 0.717) is 23.2 Å². The van der Waals surface area contributed by atoms with Gasteiger partial charge in [-0.1, -0.05) is 44.5 Å². The van der Waals surface area contributed by atoms with Gasteiger partial charge in [0.15, 0.2) is 0 Å². The molecule has 6 heteroatoms. The summed E-state index contributed by atoms with van der Waals surface area (Å²) in [5.74, 6) is 2.06. The molecule has 0 aliphatic heterocycles. The maximum absolute atomic E-state index is 12.7. The van der Waals surface area contributed by atoms with Crippen LogP contribution in [0.1, 0.15) is 70.2 Å². The second-order valence-electron chi connectivity index (χ2n) is 9.83. The Bertz CT molecular complexity index is 1200. The molecule has 0 saturated heterocycles. The maximum Gasteiger partial charge on any atom is 0.259 e. The number of hydrogen-bond donors (Lipinski definition) is 1. The maximum atomic E-state index is 12.7. The van der Waals surface area contributed by atoms with Crippen LogP contribution in [0, 0.1) is 11.3 Å². The molecule has 2 aromatic heterocycles. The summed E-state index contributed by atoms with van der Waals surface area (Å²) in [6, 6.07) is 9.75. The molecule has 33 heavy (non-hydrogen) atoms. The van der Waals surface area contributed by atoms with Gasteiger partial charge in [-0.05, 0) is 79.8 Å². The summed E-state index contributed by atoms with van der Waals surface area (Å²) in [5, 5.41) is 4.07. The van der Waals surface area contributed by atoms with E-state index in [1.54, 1.807) is 6.08 Å². The van der Waals surface area contributed by atoms with Gasteiger partial charge in [-0.2, -0.15) is 4.98 Å². The molecule has 4 rings (SSSR count). The highest BCUT2D eigenvalue weighted by Gasteiger charge is 2.32. The molecule has 1 aliphatic carbocycles. The summed E-state index contributed by atoms with van der Waals surface area (Å²) in [6.45, 7) is 10.9. The van der Waals surface area contributed by atoms with Gasteiger partial charge in [-0.25, -0.2) is 0 Å². The normalized spacial score (nSPS) is 16.4. The van der Waals surface area contributed by atoms with Gasteiger partial charge in [0.2, 0.25) is 5.82 Å². The van der Waals surface area contributed by atoms with E-state index in [0.717, 1.165) is 42.7 Å². The van der Waals surface area contributed by atoms with Gasteiger partial charge in [-0.15, -0.1) is 0 Å². The van der Waals surface area contributed by atoms with Gasteiger partial charge in [0.05, 0.1) is 11.7 Å². The quantitative estimate of drug-likeness (QED) is 0.486. The molecule has 1 N–H and O–H groups in total. The molecule has 2 heterocycles. The zero-order valence-electron chi connectivity index (χ0n) is 20.1. The highest BCUT2D eigenvalue weighted by molar-refractivity contribution is 5.67. The van der Waals surface area contributed by atoms with Crippen LogP contribution in [0.4, 0.5) is 0 Å². The third-order valence-corrected chi connectivity index (χ3v) is 6.77. The van der Waals surface area contributed by atoms with E-state index in [2.05, 4.69) is 35.9 Å². The second kappa shape index (κ2) is 9.38. The fourth-order valence-corrected chi connectivity index (χ4v) is 4.37. The molecule has 1 aliphatic rings. The van der Waals surface area contributed by atoms with Crippen LogP contribution >= 0.6 is 0 Å². The van der Waals surface area contributed by atoms with Crippen LogP contribution in [0.15, 0.2) is 39.6 Å². The second-order valence-corrected chi connectivity index (χ2v) is 9.83. The number of fused-ring (bicyclic) bond motifs is 1. The molecule has 1 unspecified atom stereocenters. The van der Waals surface area contributed by atoms with Crippen molar-refractivity contribution in [1.82, 2.24) is 15.1 Å². The van der Waals surface area contributed by atoms with Crippen molar-refractivity contribution in [2.75, 3.05) is 0 Å². The van der Waals surface area contributed by atoms with Gasteiger partial charge in [0.25, 0.3) is 11.4 Å². The monoisotopic (exact) mass is 447 g/mol. The topological polar surface area (TPSA) is 81.0 Å². The molecule has 0 fully saturated rings. The zero-order chi connectivity index (χ0) is 23.6. The lowest BCUT2D eigenvalue weighted by Gasteiger charge is -2.37. The molecule has 0 amide bonds. The summed E-state index contributed by atoms with van der Waals surface area (Å²) in [6.07, 6.45) is 7.84. The molecule has 174 valence electrons. The molecule has 1 atom stereocenters. The number of aromatic amines is 1. The van der Waals surface area contributed by atoms with E-state index < -0.39 is 0 Å². The van der Waals surface area contributed by atoms with Crippen LogP contribution in [0.3, 0.4) is 0 Å². The average molecular weight is 448 g/mol. The third-order valence-electron chi connectivity index (χ3n) is 6.77. The van der Waals surface area contributed by atoms with Crippen molar-refractivity contribution < 1.29 is 9.26 Å². The van der Waals surface area contributed by atoms with Crippen LogP contribution in [0.5, 0.6) is 5.75 Å². The lowest BCUT2D eigenvalue weighted by atomic mass is 9.69. The standard InChI is InChI=1S/C27H33N3O3/c1-6-27(4,5)20-11-12-23-19(15-20)16-22(26(31)28-23)25-29-24(33-30-25)13-10-18-8-7-9-21(14-18)32-17(2)3/h7-10,13-14,16-17,20H,6,11-12,15H2,1-5H3,(H,28,31)/b13-10+. The van der Waals surface area contributed by atoms with Crippen LogP contribution in [0.2, 0.25) is 0 Å². The van der Waals surface area contributed by atoms with Crippen LogP contribution in [-0.4, -0.2) is 21.2 Å². The van der Waals surface area contributed by atoms with Crippen molar-refractivity contribution in [1.29, 1.82) is 0 Å². The van der Waals surface area contributed by atoms with E-state index >= 15 is 0 Å². The number of nitrogens with zero attached hydrogens (tertiary/aromatic N) is 2. The minimum absolute atomic E-state index is 0.112. The number of pyridine rings is 1. The molecule has 0 radical (unpaired) electrons. The van der Waals surface area contributed by atoms with Gasteiger partial charge in [0.1, 0.15) is 5.75 Å². The first-order chi connectivity index (χ1) is 15.7. The predicted molar refractivity (Wildman–Crippen MR) is 131 cm³/mol. The molecule has 6 nitrogen and oxygen atoms in total. The Morgan fingerprint density at radius 1 is 1.27 bits per heavy atom. The third kappa shape index (κ3) is 5.27. The lowest BCUT2D eigenvalue weighted by Crippen LogP contribution is -2.30. The van der Waals surface area contributed by atoms with E-state index in [-0.39, 0.29) is 17.1 Å². The summed E-state index contributed by atoms with van der Waals surface area (Å²) in [7, 11) is 0. The van der Waals surface area contributed by atoms with E-state index in [1.807, 2.05) is 50.3 Å². The van der Waals surface area contributed by atoms with Gasteiger partial charge >= 0.3 is 0 Å². The van der Waals surface area contributed by atoms with Crippen molar-refractivity contribution in [3.8, 4) is 17.1 Å². The van der Waals surface area contributed by atoms with Gasteiger partial charge in [0, 0.05) is 11.8 Å². The molecular formula is C27H33N3O3. The SMILES string of the molecule is CCC(C)(C)C1CCc2[nH]c(=O)c(-c3noc(/C=C/c4cccc(OC(C)C)c4)n3)cc2C1. The minimum atomic E-state index is -0.170. The number of hydrogen-bond acceptors (Lipinski definition) is 5. The Labute approximate surface area is 195 Å². The molecule has 3 aromatic rings. The largest absolute Gasteiger partial charge is 0.491 e. The first-order valence-corrected chi connectivity index (χ1v) is 11.8. The van der Waals surface area contributed by atoms with Crippen molar-refractivity contribution in [3.63, 3.8) is 0 Å². The van der Waals surface area contributed by atoms with Crippen molar-refractivity contribution in [3.05, 3.63) is 63.4 Å². The number of aromatic nitrogens is 3. The summed E-state index contributed by atoms with van der Waals surface area (Å²) < 4.78 is 11.1. The average Bonchev–Trinajstić information content (AvgIpc) is 3.25. The van der Waals surface area contributed by atoms with Crippen molar-refractivity contribution in [2.24, 2.45) is 11.3 Å². The summed E-state index contributed by atoms with van der Waals surface area (Å²) in [4.78, 5) is 20.2. The summed E-state index contributed by atoms with van der Waals surface area (Å²) >= 11 is 0. The fraction of sp³-hybridized carbons (Fsp3) is 0.444. The summed E-state index contributed by atoms with van der Waals surface area (Å²) in [5.41, 5.74) is 3.75. The van der Waals surface area contributed by atoms with Gasteiger partial charge < -0.3 is 14.2 Å². The smallest absolute Gasteiger partial charge is 0.259 e. The Morgan fingerprint density at radius 3 is 2.85 bits per heavy atom. The van der Waals surface area contributed by atoms with Crippen LogP contribution in [-0.2, 0) is 12.8 Å². The first-order valence-electron chi connectivity index (χ1n) is 11.8. The molecule has 0 spiro atoms. The first kappa shape index (κ1) is 23.0. The number of ether oxygens (including phenoxy) is 1. The Hall–Kier alpha value is -3.15. The predicted octanol–water partition coefficient (Wildman–Crippen LogP) is 5.92. The number of aryl methyl sites for hydroxylation is 1. The minimum Gasteiger partial charge on any atom is -0.491 e. The molecular weight excluding hydrogens is 414 g/mol. The Kier molecular flexibility index (Phi) is 6.54. The molecule has 1 aromatic carbocycles. The van der Waals surface area contributed by atoms with Crippen molar-refractivity contribution >= 4 is 12.2 Å². The molecule has 0 bridgehead atoms. The van der Waals surface area contributed by atoms with Crippen LogP contribution in [0.25, 0.3) is 23.5 Å². The highest BCUT2D eigenvalue weighted by Crippen LogP contribution is 2.39.